The molecule has 0 fully saturated rings. The predicted octanol–water partition coefficient (Wildman–Crippen LogP) is 2.94. The highest BCUT2D eigenvalue weighted by Gasteiger charge is 2.14. The molecule has 0 atom stereocenters. The Kier molecular flexibility index (Phi) is 7.14. The molecule has 0 aromatic heterocycles. The van der Waals surface area contributed by atoms with Crippen molar-refractivity contribution in [3.8, 4) is 5.75 Å². The summed E-state index contributed by atoms with van der Waals surface area (Å²) in [6.07, 6.45) is 0.831. The van der Waals surface area contributed by atoms with Crippen molar-refractivity contribution in [1.29, 1.82) is 0 Å². The van der Waals surface area contributed by atoms with E-state index in [9.17, 15) is 14.0 Å². The van der Waals surface area contributed by atoms with Crippen LogP contribution in [0.2, 0.25) is 0 Å². The molecule has 2 rings (SSSR count). The second kappa shape index (κ2) is 9.56. The fourth-order valence-electron chi connectivity index (χ4n) is 2.59. The molecule has 0 bridgehead atoms. The second-order valence-corrected chi connectivity index (χ2v) is 5.85. The first-order valence-electron chi connectivity index (χ1n) is 8.43. The van der Waals surface area contributed by atoms with Crippen LogP contribution >= 0.6 is 0 Å². The van der Waals surface area contributed by atoms with Gasteiger partial charge in [0.05, 0.1) is 7.11 Å². The molecule has 0 heterocycles. The molecular weight excluding hydrogens is 335 g/mol. The van der Waals surface area contributed by atoms with Gasteiger partial charge in [0.25, 0.3) is 0 Å². The van der Waals surface area contributed by atoms with Crippen molar-refractivity contribution in [3.05, 3.63) is 59.9 Å². The molecule has 0 aliphatic heterocycles. The van der Waals surface area contributed by atoms with Crippen molar-refractivity contribution < 1.29 is 18.7 Å². The third kappa shape index (κ3) is 5.88. The molecule has 0 aliphatic rings. The maximum absolute atomic E-state index is 13.3. The minimum absolute atomic E-state index is 0.147. The summed E-state index contributed by atoms with van der Waals surface area (Å²) in [5.74, 6) is -0.0344. The van der Waals surface area contributed by atoms with Crippen molar-refractivity contribution in [3.63, 3.8) is 0 Å². The van der Waals surface area contributed by atoms with E-state index < -0.39 is 5.82 Å². The number of amides is 2. The van der Waals surface area contributed by atoms with Crippen molar-refractivity contribution in [2.24, 2.45) is 0 Å². The predicted molar refractivity (Wildman–Crippen MR) is 98.8 cm³/mol. The first-order valence-corrected chi connectivity index (χ1v) is 8.43. The maximum Gasteiger partial charge on any atom is 0.223 e. The van der Waals surface area contributed by atoms with Gasteiger partial charge in [-0.3, -0.25) is 9.59 Å². The van der Waals surface area contributed by atoms with Crippen molar-refractivity contribution in [1.82, 2.24) is 5.32 Å². The number of benzene rings is 2. The Balaban J connectivity index is 1.82. The molecule has 0 saturated heterocycles. The van der Waals surface area contributed by atoms with E-state index in [4.69, 9.17) is 4.74 Å². The summed E-state index contributed by atoms with van der Waals surface area (Å²) in [5.41, 5.74) is 1.51. The maximum atomic E-state index is 13.3. The fourth-order valence-corrected chi connectivity index (χ4v) is 2.59. The largest absolute Gasteiger partial charge is 0.497 e. The Morgan fingerprint density at radius 1 is 1.15 bits per heavy atom. The molecule has 138 valence electrons. The molecule has 0 saturated carbocycles. The van der Waals surface area contributed by atoms with Crippen LogP contribution in [0.15, 0.2) is 48.5 Å². The first-order chi connectivity index (χ1) is 12.5. The second-order valence-electron chi connectivity index (χ2n) is 5.85. The Morgan fingerprint density at radius 3 is 2.62 bits per heavy atom. The standard InChI is InChI=1S/C20H23FN2O3/c1-15(24)23(18-7-4-6-17(21)14-18)12-10-20(25)22-11-9-16-5-3-8-19(13-16)26-2/h3-8,13-14H,9-12H2,1-2H3,(H,22,25). The van der Waals surface area contributed by atoms with E-state index in [1.54, 1.807) is 13.2 Å². The van der Waals surface area contributed by atoms with Gasteiger partial charge in [-0.1, -0.05) is 18.2 Å². The molecule has 2 aromatic carbocycles. The molecule has 0 unspecified atom stereocenters. The van der Waals surface area contributed by atoms with Gasteiger partial charge in [-0.25, -0.2) is 4.39 Å². The zero-order valence-electron chi connectivity index (χ0n) is 15.0. The van der Waals surface area contributed by atoms with Crippen molar-refractivity contribution in [2.45, 2.75) is 19.8 Å². The molecule has 1 N–H and O–H groups in total. The molecule has 0 radical (unpaired) electrons. The minimum atomic E-state index is -0.420. The molecular formula is C20H23FN2O3. The van der Waals surface area contributed by atoms with Crippen LogP contribution in [0.1, 0.15) is 18.9 Å². The van der Waals surface area contributed by atoms with Crippen LogP contribution in [-0.4, -0.2) is 32.0 Å². The minimum Gasteiger partial charge on any atom is -0.497 e. The van der Waals surface area contributed by atoms with Gasteiger partial charge >= 0.3 is 0 Å². The van der Waals surface area contributed by atoms with Crippen LogP contribution in [0.4, 0.5) is 10.1 Å². The molecule has 0 aliphatic carbocycles. The Morgan fingerprint density at radius 2 is 1.92 bits per heavy atom. The number of methoxy groups -OCH3 is 1. The van der Waals surface area contributed by atoms with Crippen molar-refractivity contribution >= 4 is 17.5 Å². The van der Waals surface area contributed by atoms with E-state index in [0.717, 1.165) is 11.3 Å². The van der Waals surface area contributed by atoms with Crippen LogP contribution in [0.25, 0.3) is 0 Å². The number of hydrogen-bond donors (Lipinski definition) is 1. The van der Waals surface area contributed by atoms with Gasteiger partial charge in [0.2, 0.25) is 11.8 Å². The highest BCUT2D eigenvalue weighted by atomic mass is 19.1. The third-order valence-electron chi connectivity index (χ3n) is 3.93. The normalized spacial score (nSPS) is 10.3. The van der Waals surface area contributed by atoms with E-state index in [1.165, 1.54) is 30.0 Å². The molecule has 0 spiro atoms. The Hall–Kier alpha value is -2.89. The van der Waals surface area contributed by atoms with Crippen LogP contribution in [0, 0.1) is 5.82 Å². The summed E-state index contributed by atoms with van der Waals surface area (Å²) in [6.45, 7) is 2.08. The zero-order chi connectivity index (χ0) is 18.9. The third-order valence-corrected chi connectivity index (χ3v) is 3.93. The number of anilines is 1. The van der Waals surface area contributed by atoms with E-state index in [0.29, 0.717) is 18.7 Å². The fraction of sp³-hybridized carbons (Fsp3) is 0.300. The summed E-state index contributed by atoms with van der Waals surface area (Å²) >= 11 is 0. The van der Waals surface area contributed by atoms with Gasteiger partial charge in [0.1, 0.15) is 11.6 Å². The Labute approximate surface area is 152 Å². The lowest BCUT2D eigenvalue weighted by atomic mass is 10.1. The summed E-state index contributed by atoms with van der Waals surface area (Å²) < 4.78 is 18.5. The number of hydrogen-bond acceptors (Lipinski definition) is 3. The van der Waals surface area contributed by atoms with Gasteiger partial charge in [-0.05, 0) is 42.3 Å². The van der Waals surface area contributed by atoms with Gasteiger partial charge in [0.15, 0.2) is 0 Å². The lowest BCUT2D eigenvalue weighted by molar-refractivity contribution is -0.121. The smallest absolute Gasteiger partial charge is 0.223 e. The van der Waals surface area contributed by atoms with Crippen LogP contribution in [0.3, 0.4) is 0 Å². The molecule has 2 aromatic rings. The Bertz CT molecular complexity index is 764. The lowest BCUT2D eigenvalue weighted by Gasteiger charge is -2.21. The van der Waals surface area contributed by atoms with E-state index in [-0.39, 0.29) is 24.8 Å². The highest BCUT2D eigenvalue weighted by molar-refractivity contribution is 5.92. The molecule has 2 amide bonds. The topological polar surface area (TPSA) is 58.6 Å². The van der Waals surface area contributed by atoms with Gasteiger partial charge < -0.3 is 15.0 Å². The quantitative estimate of drug-likeness (QED) is 0.789. The average Bonchev–Trinajstić information content (AvgIpc) is 2.62. The van der Waals surface area contributed by atoms with Gasteiger partial charge in [-0.15, -0.1) is 0 Å². The van der Waals surface area contributed by atoms with Gasteiger partial charge in [0, 0.05) is 32.1 Å². The zero-order valence-corrected chi connectivity index (χ0v) is 15.0. The van der Waals surface area contributed by atoms with Crippen LogP contribution in [0.5, 0.6) is 5.75 Å². The summed E-state index contributed by atoms with van der Waals surface area (Å²) in [4.78, 5) is 25.2. The van der Waals surface area contributed by atoms with E-state index in [2.05, 4.69) is 5.32 Å². The van der Waals surface area contributed by atoms with Crippen LogP contribution in [-0.2, 0) is 16.0 Å². The van der Waals surface area contributed by atoms with E-state index >= 15 is 0 Å². The average molecular weight is 358 g/mol. The number of rotatable bonds is 8. The highest BCUT2D eigenvalue weighted by Crippen LogP contribution is 2.16. The number of ether oxygens (including phenoxy) is 1. The number of halogens is 1. The molecule has 26 heavy (non-hydrogen) atoms. The van der Waals surface area contributed by atoms with Crippen LogP contribution < -0.4 is 15.0 Å². The molecule has 6 heteroatoms. The number of nitrogens with zero attached hydrogens (tertiary/aromatic N) is 1. The SMILES string of the molecule is COc1cccc(CCNC(=O)CCN(C(C)=O)c2cccc(F)c2)c1. The number of nitrogens with one attached hydrogen (secondary N) is 1. The monoisotopic (exact) mass is 358 g/mol. The molecule has 5 nitrogen and oxygen atoms in total. The summed E-state index contributed by atoms with van der Waals surface area (Å²) in [5, 5.41) is 2.83. The summed E-state index contributed by atoms with van der Waals surface area (Å²) in [6, 6.07) is 13.4. The lowest BCUT2D eigenvalue weighted by Crippen LogP contribution is -2.34. The first kappa shape index (κ1) is 19.4. The van der Waals surface area contributed by atoms with Crippen molar-refractivity contribution in [2.75, 3.05) is 25.1 Å². The number of carbonyl (C=O) groups excluding carboxylic acids is 2. The van der Waals surface area contributed by atoms with Gasteiger partial charge in [-0.2, -0.15) is 0 Å². The summed E-state index contributed by atoms with van der Waals surface area (Å²) in [7, 11) is 1.61. The number of carbonyl (C=O) groups is 2. The van der Waals surface area contributed by atoms with E-state index in [1.807, 2.05) is 24.3 Å².